The molecular weight excluding hydrogens is 359 g/mol. The van der Waals surface area contributed by atoms with Crippen molar-refractivity contribution >= 4 is 21.8 Å². The van der Waals surface area contributed by atoms with Crippen LogP contribution in [0, 0.1) is 0 Å². The highest BCUT2D eigenvalue weighted by atomic mass is 32.2. The maximum Gasteiger partial charge on any atom is 0.416 e. The van der Waals surface area contributed by atoms with Crippen LogP contribution < -0.4 is 0 Å². The predicted molar refractivity (Wildman–Crippen MR) is 89.3 cm³/mol. The van der Waals surface area contributed by atoms with Gasteiger partial charge in [-0.25, -0.2) is 8.42 Å². The van der Waals surface area contributed by atoms with E-state index in [1.807, 2.05) is 0 Å². The van der Waals surface area contributed by atoms with Crippen molar-refractivity contribution < 1.29 is 21.6 Å². The second-order valence-corrected chi connectivity index (χ2v) is 9.51. The Morgan fingerprint density at radius 2 is 1.67 bits per heavy atom. The van der Waals surface area contributed by atoms with Gasteiger partial charge >= 0.3 is 6.18 Å². The molecule has 0 aliphatic carbocycles. The first kappa shape index (κ1) is 18.1. The number of benzene rings is 1. The van der Waals surface area contributed by atoms with Gasteiger partial charge in [0.05, 0.1) is 11.3 Å². The zero-order chi connectivity index (χ0) is 17.5. The van der Waals surface area contributed by atoms with Crippen LogP contribution >= 0.6 is 11.8 Å². The fraction of sp³-hybridized carbons (Fsp3) is 0.625. The minimum atomic E-state index is -4.41. The smallest absolute Gasteiger partial charge is 0.212 e. The van der Waals surface area contributed by atoms with Gasteiger partial charge in [0.1, 0.15) is 0 Å². The summed E-state index contributed by atoms with van der Waals surface area (Å²) in [5.41, 5.74) is -0.362. The summed E-state index contributed by atoms with van der Waals surface area (Å²) in [4.78, 5) is 0. The molecule has 0 N–H and O–H groups in total. The van der Waals surface area contributed by atoms with E-state index >= 15 is 0 Å². The van der Waals surface area contributed by atoms with Crippen molar-refractivity contribution in [3.8, 4) is 0 Å². The maximum atomic E-state index is 12.8. The van der Waals surface area contributed by atoms with Crippen LogP contribution in [-0.4, -0.2) is 36.3 Å². The molecular formula is C16H20F3NO2S2. The number of thioether (sulfide) groups is 1. The summed E-state index contributed by atoms with van der Waals surface area (Å²) in [7, 11) is -3.51. The monoisotopic (exact) mass is 379 g/mol. The summed E-state index contributed by atoms with van der Waals surface area (Å²) >= 11 is 1.79. The number of alkyl halides is 3. The number of nitrogens with zero attached hydrogens (tertiary/aromatic N) is 1. The molecule has 1 aromatic carbocycles. The Hall–Kier alpha value is -0.730. The Morgan fingerprint density at radius 1 is 1.12 bits per heavy atom. The standard InChI is InChI=1S/C16H20F3NO2S2/c1-23-15-8-13-6-7-14(9-15)20(13)24(21,22)10-11-2-4-12(5-3-11)16(17,18)19/h2-5,13-15H,6-10H2,1H3. The van der Waals surface area contributed by atoms with Crippen molar-refractivity contribution in [3.63, 3.8) is 0 Å². The molecule has 0 amide bonds. The van der Waals surface area contributed by atoms with Crippen LogP contribution in [-0.2, 0) is 22.0 Å². The van der Waals surface area contributed by atoms with Gasteiger partial charge in [0, 0.05) is 17.3 Å². The number of rotatable bonds is 4. The molecule has 2 aliphatic heterocycles. The first-order valence-electron chi connectivity index (χ1n) is 7.91. The van der Waals surface area contributed by atoms with E-state index < -0.39 is 21.8 Å². The van der Waals surface area contributed by atoms with Gasteiger partial charge in [-0.2, -0.15) is 29.2 Å². The normalized spacial score (nSPS) is 28.2. The highest BCUT2D eigenvalue weighted by molar-refractivity contribution is 7.99. The molecule has 2 saturated heterocycles. The second kappa shape index (κ2) is 6.53. The predicted octanol–water partition coefficient (Wildman–Crippen LogP) is 3.89. The summed E-state index contributed by atoms with van der Waals surface area (Å²) in [5.74, 6) is -0.234. The van der Waals surface area contributed by atoms with Crippen molar-refractivity contribution in [3.05, 3.63) is 35.4 Å². The van der Waals surface area contributed by atoms with Gasteiger partial charge in [0.25, 0.3) is 0 Å². The summed E-state index contributed by atoms with van der Waals surface area (Å²) in [6, 6.07) is 4.49. The number of sulfonamides is 1. The van der Waals surface area contributed by atoms with Crippen molar-refractivity contribution in [1.82, 2.24) is 4.31 Å². The second-order valence-electron chi connectivity index (χ2n) is 6.49. The summed E-state index contributed by atoms with van der Waals surface area (Å²) in [5, 5.41) is 0.500. The SMILES string of the molecule is CSC1CC2CCC(C1)N2S(=O)(=O)Cc1ccc(C(F)(F)F)cc1. The van der Waals surface area contributed by atoms with Crippen LogP contribution in [0.2, 0.25) is 0 Å². The first-order chi connectivity index (χ1) is 11.2. The van der Waals surface area contributed by atoms with Crippen molar-refractivity contribution in [2.24, 2.45) is 0 Å². The molecule has 8 heteroatoms. The zero-order valence-corrected chi connectivity index (χ0v) is 14.9. The van der Waals surface area contributed by atoms with Crippen molar-refractivity contribution in [2.75, 3.05) is 6.26 Å². The van der Waals surface area contributed by atoms with Crippen molar-refractivity contribution in [1.29, 1.82) is 0 Å². The number of fused-ring (bicyclic) bond motifs is 2. The van der Waals surface area contributed by atoms with Crippen LogP contribution in [0.1, 0.15) is 36.8 Å². The molecule has 2 aliphatic rings. The zero-order valence-electron chi connectivity index (χ0n) is 13.3. The molecule has 0 spiro atoms. The molecule has 3 rings (SSSR count). The highest BCUT2D eigenvalue weighted by Gasteiger charge is 2.46. The number of hydrogen-bond acceptors (Lipinski definition) is 3. The Morgan fingerprint density at radius 3 is 2.12 bits per heavy atom. The molecule has 24 heavy (non-hydrogen) atoms. The minimum Gasteiger partial charge on any atom is -0.212 e. The van der Waals surface area contributed by atoms with E-state index in [2.05, 4.69) is 6.26 Å². The van der Waals surface area contributed by atoms with E-state index in [-0.39, 0.29) is 17.8 Å². The first-order valence-corrected chi connectivity index (χ1v) is 10.8. The Balaban J connectivity index is 1.75. The van der Waals surface area contributed by atoms with E-state index in [0.29, 0.717) is 10.8 Å². The summed E-state index contributed by atoms with van der Waals surface area (Å²) in [6.07, 6.45) is 1.14. The van der Waals surface area contributed by atoms with Gasteiger partial charge in [0.2, 0.25) is 10.0 Å². The molecule has 2 bridgehead atoms. The van der Waals surface area contributed by atoms with Gasteiger partial charge < -0.3 is 0 Å². The molecule has 134 valence electrons. The highest BCUT2D eigenvalue weighted by Crippen LogP contribution is 2.41. The molecule has 1 aromatic rings. The van der Waals surface area contributed by atoms with Crippen molar-refractivity contribution in [2.45, 2.75) is 54.9 Å². The lowest BCUT2D eigenvalue weighted by Gasteiger charge is -2.37. The molecule has 0 radical (unpaired) electrons. The number of halogens is 3. The van der Waals surface area contributed by atoms with Gasteiger partial charge in [-0.05, 0) is 49.6 Å². The Bertz CT molecular complexity index is 674. The van der Waals surface area contributed by atoms with E-state index in [9.17, 15) is 21.6 Å². The number of hydrogen-bond donors (Lipinski definition) is 0. The quantitative estimate of drug-likeness (QED) is 0.796. The van der Waals surface area contributed by atoms with Gasteiger partial charge in [-0.1, -0.05) is 12.1 Å². The Kier molecular flexibility index (Phi) is 4.92. The van der Waals surface area contributed by atoms with Crippen LogP contribution in [0.15, 0.2) is 24.3 Å². The third-order valence-electron chi connectivity index (χ3n) is 4.91. The molecule has 2 heterocycles. The largest absolute Gasteiger partial charge is 0.416 e. The van der Waals surface area contributed by atoms with Crippen LogP contribution in [0.5, 0.6) is 0 Å². The minimum absolute atomic E-state index is 0.0423. The third kappa shape index (κ3) is 3.60. The van der Waals surface area contributed by atoms with E-state index in [4.69, 9.17) is 0 Å². The summed E-state index contributed by atoms with van der Waals surface area (Å²) in [6.45, 7) is 0. The molecule has 0 saturated carbocycles. The average molecular weight is 379 g/mol. The lowest BCUT2D eigenvalue weighted by Crippen LogP contribution is -2.47. The van der Waals surface area contributed by atoms with E-state index in [1.165, 1.54) is 12.1 Å². The molecule has 2 fully saturated rings. The topological polar surface area (TPSA) is 37.4 Å². The van der Waals surface area contributed by atoms with Crippen LogP contribution in [0.4, 0.5) is 13.2 Å². The fourth-order valence-electron chi connectivity index (χ4n) is 3.81. The average Bonchev–Trinajstić information content (AvgIpc) is 2.79. The molecule has 2 atom stereocenters. The summed E-state index contributed by atoms with van der Waals surface area (Å²) < 4.78 is 65.0. The van der Waals surface area contributed by atoms with Gasteiger partial charge in [-0.3, -0.25) is 0 Å². The van der Waals surface area contributed by atoms with E-state index in [1.54, 1.807) is 16.1 Å². The third-order valence-corrected chi connectivity index (χ3v) is 7.90. The molecule has 3 nitrogen and oxygen atoms in total. The van der Waals surface area contributed by atoms with Gasteiger partial charge in [0.15, 0.2) is 0 Å². The fourth-order valence-corrected chi connectivity index (χ4v) is 6.69. The lowest BCUT2D eigenvalue weighted by molar-refractivity contribution is -0.137. The Labute approximate surface area is 144 Å². The van der Waals surface area contributed by atoms with E-state index in [0.717, 1.165) is 37.8 Å². The molecule has 2 unspecified atom stereocenters. The lowest BCUT2D eigenvalue weighted by atomic mass is 10.1. The number of piperidine rings is 1. The maximum absolute atomic E-state index is 12.8. The van der Waals surface area contributed by atoms with Gasteiger partial charge in [-0.15, -0.1) is 0 Å². The van der Waals surface area contributed by atoms with Crippen LogP contribution in [0.3, 0.4) is 0 Å². The van der Waals surface area contributed by atoms with Crippen LogP contribution in [0.25, 0.3) is 0 Å². The molecule has 0 aromatic heterocycles.